The number of halogens is 1. The van der Waals surface area contributed by atoms with E-state index in [1.54, 1.807) is 6.07 Å². The normalized spacial score (nSPS) is 18.3. The van der Waals surface area contributed by atoms with Gasteiger partial charge in [-0.3, -0.25) is 9.59 Å². The summed E-state index contributed by atoms with van der Waals surface area (Å²) in [6.07, 6.45) is 9.15. The van der Waals surface area contributed by atoms with Crippen LogP contribution in [-0.2, 0) is 9.59 Å². The number of anilines is 1. The van der Waals surface area contributed by atoms with Crippen LogP contribution in [0.3, 0.4) is 0 Å². The van der Waals surface area contributed by atoms with Crippen molar-refractivity contribution in [2.45, 2.75) is 45.4 Å². The highest BCUT2D eigenvalue weighted by atomic mass is 35.5. The van der Waals surface area contributed by atoms with Gasteiger partial charge in [-0.05, 0) is 55.9 Å². The van der Waals surface area contributed by atoms with Crippen molar-refractivity contribution >= 4 is 35.7 Å². The first kappa shape index (κ1) is 18.0. The average Bonchev–Trinajstić information content (AvgIpc) is 3.14. The lowest BCUT2D eigenvalue weighted by molar-refractivity contribution is -0.135. The molecular formula is C20H25ClN2O2. The van der Waals surface area contributed by atoms with E-state index in [0.717, 1.165) is 55.6 Å². The monoisotopic (exact) mass is 360 g/mol. The quantitative estimate of drug-likeness (QED) is 0.808. The lowest BCUT2D eigenvalue weighted by atomic mass is 9.97. The van der Waals surface area contributed by atoms with E-state index in [1.807, 2.05) is 17.9 Å². The van der Waals surface area contributed by atoms with Crippen molar-refractivity contribution in [1.29, 1.82) is 0 Å². The molecular weight excluding hydrogens is 336 g/mol. The number of piperidine rings is 1. The molecule has 2 aliphatic rings. The molecule has 0 unspecified atom stereocenters. The minimum Gasteiger partial charge on any atom is -0.342 e. The van der Waals surface area contributed by atoms with Crippen molar-refractivity contribution in [2.75, 3.05) is 18.4 Å². The van der Waals surface area contributed by atoms with Crippen LogP contribution in [0.2, 0.25) is 5.02 Å². The molecule has 1 aliphatic carbocycles. The SMILES string of the molecule is Cc1c(C=C2CCN(C(=O)C3CCCC3)CC2)cc(Cl)cc1NC=O. The minimum absolute atomic E-state index is 0.262. The minimum atomic E-state index is 0.262. The maximum atomic E-state index is 12.5. The Labute approximate surface area is 154 Å². The van der Waals surface area contributed by atoms with Gasteiger partial charge in [0.2, 0.25) is 12.3 Å². The summed E-state index contributed by atoms with van der Waals surface area (Å²) >= 11 is 6.17. The smallest absolute Gasteiger partial charge is 0.225 e. The van der Waals surface area contributed by atoms with Crippen molar-refractivity contribution in [3.8, 4) is 0 Å². The summed E-state index contributed by atoms with van der Waals surface area (Å²) in [6.45, 7) is 3.59. The van der Waals surface area contributed by atoms with Gasteiger partial charge in [0, 0.05) is 29.7 Å². The van der Waals surface area contributed by atoms with Gasteiger partial charge in [-0.25, -0.2) is 0 Å². The van der Waals surface area contributed by atoms with Gasteiger partial charge in [-0.2, -0.15) is 0 Å². The van der Waals surface area contributed by atoms with Crippen LogP contribution in [-0.4, -0.2) is 30.3 Å². The van der Waals surface area contributed by atoms with Crippen molar-refractivity contribution < 1.29 is 9.59 Å². The summed E-state index contributed by atoms with van der Waals surface area (Å²) in [4.78, 5) is 25.3. The third kappa shape index (κ3) is 4.24. The number of carbonyl (C=O) groups is 2. The van der Waals surface area contributed by atoms with Crippen molar-refractivity contribution in [1.82, 2.24) is 4.90 Å². The van der Waals surface area contributed by atoms with Crippen molar-refractivity contribution in [3.63, 3.8) is 0 Å². The molecule has 2 fully saturated rings. The number of carbonyl (C=O) groups excluding carboxylic acids is 2. The molecule has 1 saturated carbocycles. The van der Waals surface area contributed by atoms with Crippen LogP contribution in [0.1, 0.15) is 49.7 Å². The van der Waals surface area contributed by atoms with E-state index in [2.05, 4.69) is 11.4 Å². The zero-order valence-electron chi connectivity index (χ0n) is 14.7. The van der Waals surface area contributed by atoms with Crippen LogP contribution < -0.4 is 5.32 Å². The summed E-state index contributed by atoms with van der Waals surface area (Å²) < 4.78 is 0. The number of benzene rings is 1. The van der Waals surface area contributed by atoms with Crippen molar-refractivity contribution in [3.05, 3.63) is 33.9 Å². The van der Waals surface area contributed by atoms with Gasteiger partial charge in [0.25, 0.3) is 0 Å². The molecule has 1 aromatic rings. The predicted octanol–water partition coefficient (Wildman–Crippen LogP) is 4.41. The van der Waals surface area contributed by atoms with Crippen LogP contribution in [0.25, 0.3) is 6.08 Å². The first-order chi connectivity index (χ1) is 12.1. The van der Waals surface area contributed by atoms with Gasteiger partial charge in [0.15, 0.2) is 0 Å². The van der Waals surface area contributed by atoms with E-state index in [-0.39, 0.29) is 5.92 Å². The summed E-state index contributed by atoms with van der Waals surface area (Å²) in [6, 6.07) is 3.69. The van der Waals surface area contributed by atoms with Crippen LogP contribution in [0.5, 0.6) is 0 Å². The van der Waals surface area contributed by atoms with E-state index in [4.69, 9.17) is 11.6 Å². The summed E-state index contributed by atoms with van der Waals surface area (Å²) in [5.74, 6) is 0.616. The van der Waals surface area contributed by atoms with Gasteiger partial charge in [0.1, 0.15) is 0 Å². The second-order valence-electron chi connectivity index (χ2n) is 7.04. The Morgan fingerprint density at radius 2 is 1.92 bits per heavy atom. The molecule has 0 radical (unpaired) electrons. The highest BCUT2D eigenvalue weighted by molar-refractivity contribution is 6.31. The number of nitrogens with one attached hydrogen (secondary N) is 1. The fourth-order valence-corrected chi connectivity index (χ4v) is 4.10. The number of nitrogens with zero attached hydrogens (tertiary/aromatic N) is 1. The molecule has 0 atom stereocenters. The van der Waals surface area contributed by atoms with Gasteiger partial charge in [-0.1, -0.05) is 36.1 Å². The largest absolute Gasteiger partial charge is 0.342 e. The third-order valence-electron chi connectivity index (χ3n) is 5.41. The Morgan fingerprint density at radius 1 is 1.24 bits per heavy atom. The zero-order chi connectivity index (χ0) is 17.8. The molecule has 1 aliphatic heterocycles. The molecule has 25 heavy (non-hydrogen) atoms. The van der Waals surface area contributed by atoms with Gasteiger partial charge in [-0.15, -0.1) is 0 Å². The molecule has 0 spiro atoms. The van der Waals surface area contributed by atoms with E-state index in [9.17, 15) is 9.59 Å². The lowest BCUT2D eigenvalue weighted by Gasteiger charge is -2.30. The van der Waals surface area contributed by atoms with E-state index in [0.29, 0.717) is 17.3 Å². The standard InChI is InChI=1S/C20H25ClN2O2/c1-14-17(11-18(21)12-19(14)22-13-24)10-15-6-8-23(9-7-15)20(25)16-4-2-3-5-16/h10-13,16H,2-9H2,1H3,(H,22,24). The van der Waals surface area contributed by atoms with Crippen LogP contribution in [0, 0.1) is 12.8 Å². The number of rotatable bonds is 4. The Balaban J connectivity index is 1.68. The number of hydrogen-bond donors (Lipinski definition) is 1. The number of hydrogen-bond acceptors (Lipinski definition) is 2. The third-order valence-corrected chi connectivity index (χ3v) is 5.63. The van der Waals surface area contributed by atoms with Crippen molar-refractivity contribution in [2.24, 2.45) is 5.92 Å². The fourth-order valence-electron chi connectivity index (χ4n) is 3.87. The number of likely N-dealkylation sites (tertiary alicyclic amines) is 1. The lowest BCUT2D eigenvalue weighted by Crippen LogP contribution is -2.39. The number of amides is 2. The highest BCUT2D eigenvalue weighted by Crippen LogP contribution is 2.30. The zero-order valence-corrected chi connectivity index (χ0v) is 15.4. The molecule has 134 valence electrons. The molecule has 4 nitrogen and oxygen atoms in total. The van der Waals surface area contributed by atoms with E-state index in [1.165, 1.54) is 18.4 Å². The summed E-state index contributed by atoms with van der Waals surface area (Å²) in [7, 11) is 0. The Kier molecular flexibility index (Phi) is 5.79. The fraction of sp³-hybridized carbons (Fsp3) is 0.500. The molecule has 2 amide bonds. The van der Waals surface area contributed by atoms with Crippen LogP contribution >= 0.6 is 11.6 Å². The molecule has 1 N–H and O–H groups in total. The Morgan fingerprint density at radius 3 is 2.56 bits per heavy atom. The Hall–Kier alpha value is -1.81. The molecule has 5 heteroatoms. The molecule has 0 aromatic heterocycles. The summed E-state index contributed by atoms with van der Waals surface area (Å²) in [5.41, 5.74) is 4.11. The molecule has 1 saturated heterocycles. The van der Waals surface area contributed by atoms with Gasteiger partial charge >= 0.3 is 0 Å². The highest BCUT2D eigenvalue weighted by Gasteiger charge is 2.28. The average molecular weight is 361 g/mol. The second kappa shape index (κ2) is 8.05. The molecule has 0 bridgehead atoms. The second-order valence-corrected chi connectivity index (χ2v) is 7.48. The van der Waals surface area contributed by atoms with Gasteiger partial charge in [0.05, 0.1) is 0 Å². The molecule has 3 rings (SSSR count). The van der Waals surface area contributed by atoms with Gasteiger partial charge < -0.3 is 10.2 Å². The van der Waals surface area contributed by atoms with E-state index >= 15 is 0 Å². The van der Waals surface area contributed by atoms with Crippen LogP contribution in [0.4, 0.5) is 5.69 Å². The maximum absolute atomic E-state index is 12.5. The predicted molar refractivity (Wildman–Crippen MR) is 102 cm³/mol. The first-order valence-corrected chi connectivity index (χ1v) is 9.45. The first-order valence-electron chi connectivity index (χ1n) is 9.07. The summed E-state index contributed by atoms with van der Waals surface area (Å²) in [5, 5.41) is 3.31. The van der Waals surface area contributed by atoms with Crippen LogP contribution in [0.15, 0.2) is 17.7 Å². The Bertz CT molecular complexity index is 683. The molecule has 1 aromatic carbocycles. The van der Waals surface area contributed by atoms with E-state index < -0.39 is 0 Å². The topological polar surface area (TPSA) is 49.4 Å². The molecule has 1 heterocycles. The maximum Gasteiger partial charge on any atom is 0.225 e.